The molecule has 1 aromatic heterocycles. The largest absolute Gasteiger partial charge is 0.388 e. The van der Waals surface area contributed by atoms with Gasteiger partial charge in [-0.3, -0.25) is 9.48 Å². The Balaban J connectivity index is 1.80. The van der Waals surface area contributed by atoms with Crippen LogP contribution in [-0.2, 0) is 11.3 Å². The minimum Gasteiger partial charge on any atom is -0.388 e. The molecule has 3 rings (SSSR count). The van der Waals surface area contributed by atoms with E-state index >= 15 is 0 Å². The van der Waals surface area contributed by atoms with Crippen LogP contribution in [0, 0.1) is 11.3 Å². The lowest BCUT2D eigenvalue weighted by molar-refractivity contribution is -0.132. The normalized spacial score (nSPS) is 15.1. The van der Waals surface area contributed by atoms with Crippen LogP contribution in [0.3, 0.4) is 0 Å². The summed E-state index contributed by atoms with van der Waals surface area (Å²) in [4.78, 5) is 14.3. The number of piperidine rings is 1. The first kappa shape index (κ1) is 20.1. The van der Waals surface area contributed by atoms with Crippen molar-refractivity contribution in [3.63, 3.8) is 0 Å². The molecule has 2 aromatic rings. The number of aromatic nitrogens is 2. The number of hydrogen-bond acceptors (Lipinski definition) is 4. The van der Waals surface area contributed by atoms with Crippen LogP contribution in [0.2, 0.25) is 5.02 Å². The predicted octanol–water partition coefficient (Wildman–Crippen LogP) is 3.72. The van der Waals surface area contributed by atoms with E-state index in [9.17, 15) is 9.90 Å². The Morgan fingerprint density at radius 1 is 1.36 bits per heavy atom. The van der Waals surface area contributed by atoms with Crippen LogP contribution in [0.15, 0.2) is 42.7 Å². The van der Waals surface area contributed by atoms with E-state index in [4.69, 9.17) is 16.9 Å². The van der Waals surface area contributed by atoms with E-state index in [1.54, 1.807) is 35.3 Å². The van der Waals surface area contributed by atoms with Crippen molar-refractivity contribution >= 4 is 17.5 Å². The summed E-state index contributed by atoms with van der Waals surface area (Å²) in [6.45, 7) is 5.43. The van der Waals surface area contributed by atoms with Gasteiger partial charge in [-0.2, -0.15) is 10.4 Å². The van der Waals surface area contributed by atoms with Gasteiger partial charge in [-0.05, 0) is 42.5 Å². The average molecular weight is 399 g/mol. The lowest BCUT2D eigenvalue weighted by Gasteiger charge is -2.26. The highest BCUT2D eigenvalue weighted by Crippen LogP contribution is 2.33. The first-order valence-electron chi connectivity index (χ1n) is 9.34. The zero-order valence-corrected chi connectivity index (χ0v) is 16.4. The fourth-order valence-corrected chi connectivity index (χ4v) is 3.60. The number of hydrogen-bond donors (Lipinski definition) is 1. The lowest BCUT2D eigenvalue weighted by Crippen LogP contribution is -2.37. The van der Waals surface area contributed by atoms with Crippen molar-refractivity contribution in [3.05, 3.63) is 53.3 Å². The smallest absolute Gasteiger partial charge is 0.244 e. The average Bonchev–Trinajstić information content (AvgIpc) is 3.16. The molecular weight excluding hydrogens is 376 g/mol. The molecule has 6 nitrogen and oxygen atoms in total. The first-order chi connectivity index (χ1) is 13.5. The van der Waals surface area contributed by atoms with Gasteiger partial charge in [0.2, 0.25) is 5.91 Å². The maximum Gasteiger partial charge on any atom is 0.244 e. The van der Waals surface area contributed by atoms with E-state index in [2.05, 4.69) is 11.7 Å². The lowest BCUT2D eigenvalue weighted by atomic mass is 9.95. The molecule has 0 bridgehead atoms. The van der Waals surface area contributed by atoms with Crippen LogP contribution in [-0.4, -0.2) is 38.8 Å². The minimum atomic E-state index is -0.877. The highest BCUT2D eigenvalue weighted by Gasteiger charge is 2.19. The molecular formula is C21H23ClN4O2. The Hall–Kier alpha value is -2.62. The SMILES string of the molecule is C=C(C#N)CC(O)c1ccc(Cl)cc1-c1cnn(CC(=O)N2CCCCC2)c1. The fraction of sp³-hybridized carbons (Fsp3) is 0.381. The molecule has 2 heterocycles. The first-order valence-corrected chi connectivity index (χ1v) is 9.71. The van der Waals surface area contributed by atoms with Crippen LogP contribution in [0.4, 0.5) is 0 Å². The topological polar surface area (TPSA) is 82.1 Å². The van der Waals surface area contributed by atoms with Gasteiger partial charge in [0.1, 0.15) is 6.54 Å². The molecule has 0 spiro atoms. The second-order valence-corrected chi connectivity index (χ2v) is 7.47. The fourth-order valence-electron chi connectivity index (χ4n) is 3.43. The summed E-state index contributed by atoms with van der Waals surface area (Å²) in [6, 6.07) is 7.14. The van der Waals surface area contributed by atoms with Gasteiger partial charge < -0.3 is 10.0 Å². The van der Waals surface area contributed by atoms with Crippen molar-refractivity contribution < 1.29 is 9.90 Å². The number of aliphatic hydroxyl groups is 1. The third kappa shape index (κ3) is 4.80. The molecule has 1 saturated heterocycles. The molecule has 7 heteroatoms. The van der Waals surface area contributed by atoms with E-state index in [1.165, 1.54) is 6.42 Å². The summed E-state index contributed by atoms with van der Waals surface area (Å²) in [5.74, 6) is 0.0611. The highest BCUT2D eigenvalue weighted by atomic mass is 35.5. The van der Waals surface area contributed by atoms with Gasteiger partial charge in [0.25, 0.3) is 0 Å². The standard InChI is InChI=1S/C21H23ClN4O2/c1-15(11-23)9-20(27)18-6-5-17(22)10-19(18)16-12-24-26(13-16)14-21(28)25-7-3-2-4-8-25/h5-6,10,12-13,20,27H,1-4,7-9,14H2. The molecule has 1 unspecified atom stereocenters. The number of likely N-dealkylation sites (tertiary alicyclic amines) is 1. The van der Waals surface area contributed by atoms with Crippen LogP contribution in [0.5, 0.6) is 0 Å². The molecule has 0 radical (unpaired) electrons. The summed E-state index contributed by atoms with van der Waals surface area (Å²) >= 11 is 6.16. The maximum atomic E-state index is 12.5. The van der Waals surface area contributed by atoms with Crippen molar-refractivity contribution in [3.8, 4) is 17.2 Å². The summed E-state index contributed by atoms with van der Waals surface area (Å²) in [7, 11) is 0. The number of amides is 1. The molecule has 1 N–H and O–H groups in total. The van der Waals surface area contributed by atoms with Gasteiger partial charge in [-0.1, -0.05) is 24.2 Å². The Kier molecular flexibility index (Phi) is 6.50. The number of benzene rings is 1. The van der Waals surface area contributed by atoms with E-state index in [-0.39, 0.29) is 18.9 Å². The number of carbonyl (C=O) groups excluding carboxylic acids is 1. The molecule has 1 aliphatic heterocycles. The van der Waals surface area contributed by atoms with Crippen molar-refractivity contribution in [1.82, 2.24) is 14.7 Å². The number of carbonyl (C=O) groups is 1. The Labute approximate surface area is 169 Å². The van der Waals surface area contributed by atoms with Crippen molar-refractivity contribution in [2.45, 2.75) is 38.3 Å². The molecule has 146 valence electrons. The molecule has 1 aliphatic rings. The molecule has 1 fully saturated rings. The summed E-state index contributed by atoms with van der Waals surface area (Å²) in [6.07, 6.45) is 5.98. The molecule has 0 saturated carbocycles. The van der Waals surface area contributed by atoms with Crippen LogP contribution in [0.25, 0.3) is 11.1 Å². The zero-order chi connectivity index (χ0) is 20.1. The second kappa shape index (κ2) is 9.05. The third-order valence-corrected chi connectivity index (χ3v) is 5.16. The van der Waals surface area contributed by atoms with Gasteiger partial charge in [0.05, 0.1) is 18.4 Å². The summed E-state index contributed by atoms with van der Waals surface area (Å²) in [5.41, 5.74) is 2.42. The Bertz CT molecular complexity index is 909. The van der Waals surface area contributed by atoms with Gasteiger partial charge in [-0.15, -0.1) is 0 Å². The van der Waals surface area contributed by atoms with Gasteiger partial charge in [0, 0.05) is 41.9 Å². The highest BCUT2D eigenvalue weighted by molar-refractivity contribution is 6.30. The summed E-state index contributed by atoms with van der Waals surface area (Å²) in [5, 5.41) is 24.3. The molecule has 28 heavy (non-hydrogen) atoms. The summed E-state index contributed by atoms with van der Waals surface area (Å²) < 4.78 is 1.61. The van der Waals surface area contributed by atoms with Crippen LogP contribution >= 0.6 is 11.6 Å². The van der Waals surface area contributed by atoms with Crippen molar-refractivity contribution in [1.29, 1.82) is 5.26 Å². The maximum absolute atomic E-state index is 12.5. The number of nitriles is 1. The third-order valence-electron chi connectivity index (χ3n) is 4.92. The number of rotatable bonds is 6. The van der Waals surface area contributed by atoms with E-state index in [0.717, 1.165) is 37.1 Å². The monoisotopic (exact) mass is 398 g/mol. The van der Waals surface area contributed by atoms with Crippen molar-refractivity contribution in [2.24, 2.45) is 0 Å². The van der Waals surface area contributed by atoms with Gasteiger partial charge in [-0.25, -0.2) is 0 Å². The quantitative estimate of drug-likeness (QED) is 0.752. The molecule has 0 aliphatic carbocycles. The van der Waals surface area contributed by atoms with E-state index in [1.807, 2.05) is 11.0 Å². The van der Waals surface area contributed by atoms with E-state index < -0.39 is 6.10 Å². The molecule has 1 aromatic carbocycles. The zero-order valence-electron chi connectivity index (χ0n) is 15.6. The van der Waals surface area contributed by atoms with Gasteiger partial charge in [0.15, 0.2) is 0 Å². The van der Waals surface area contributed by atoms with E-state index in [0.29, 0.717) is 16.2 Å². The van der Waals surface area contributed by atoms with Crippen LogP contribution in [0.1, 0.15) is 37.4 Å². The number of halogens is 1. The molecule has 1 atom stereocenters. The number of nitrogens with zero attached hydrogens (tertiary/aromatic N) is 4. The van der Waals surface area contributed by atoms with Crippen LogP contribution < -0.4 is 0 Å². The Morgan fingerprint density at radius 3 is 2.82 bits per heavy atom. The Morgan fingerprint density at radius 2 is 2.11 bits per heavy atom. The van der Waals surface area contributed by atoms with Gasteiger partial charge >= 0.3 is 0 Å². The van der Waals surface area contributed by atoms with Crippen molar-refractivity contribution in [2.75, 3.05) is 13.1 Å². The second-order valence-electron chi connectivity index (χ2n) is 7.03. The number of aliphatic hydroxyl groups excluding tert-OH is 1. The predicted molar refractivity (Wildman–Crippen MR) is 107 cm³/mol. The molecule has 1 amide bonds. The minimum absolute atomic E-state index is 0.0611.